The van der Waals surface area contributed by atoms with Crippen molar-refractivity contribution in [2.24, 2.45) is 11.8 Å². The lowest BCUT2D eigenvalue weighted by atomic mass is 9.82. The zero-order valence-corrected chi connectivity index (χ0v) is 12.2. The first-order chi connectivity index (χ1) is 8.31. The van der Waals surface area contributed by atoms with Crippen LogP contribution in [0.5, 0.6) is 0 Å². The summed E-state index contributed by atoms with van der Waals surface area (Å²) in [6, 6.07) is 0.447. The first-order valence-corrected chi connectivity index (χ1v) is 7.32. The predicted octanol–water partition coefficient (Wildman–Crippen LogP) is 2.49. The zero-order valence-electron chi connectivity index (χ0n) is 11.4. The van der Waals surface area contributed by atoms with Crippen LogP contribution in [-0.2, 0) is 4.79 Å². The minimum atomic E-state index is 0. The number of piperidine rings is 1. The van der Waals surface area contributed by atoms with Gasteiger partial charge in [-0.1, -0.05) is 26.2 Å². The molecule has 3 nitrogen and oxygen atoms in total. The van der Waals surface area contributed by atoms with Crippen molar-refractivity contribution in [2.75, 3.05) is 13.1 Å². The summed E-state index contributed by atoms with van der Waals surface area (Å²) in [4.78, 5) is 12.2. The van der Waals surface area contributed by atoms with E-state index >= 15 is 0 Å². The van der Waals surface area contributed by atoms with Gasteiger partial charge >= 0.3 is 0 Å². The number of amides is 1. The second-order valence-corrected chi connectivity index (χ2v) is 5.61. The lowest BCUT2D eigenvalue weighted by Gasteiger charge is -2.33. The van der Waals surface area contributed by atoms with Crippen molar-refractivity contribution in [3.63, 3.8) is 0 Å². The van der Waals surface area contributed by atoms with E-state index < -0.39 is 0 Å². The monoisotopic (exact) mass is 274 g/mol. The summed E-state index contributed by atoms with van der Waals surface area (Å²) < 4.78 is 0. The summed E-state index contributed by atoms with van der Waals surface area (Å²) in [5.41, 5.74) is 0. The van der Waals surface area contributed by atoms with Crippen molar-refractivity contribution in [3.05, 3.63) is 0 Å². The third kappa shape index (κ3) is 4.13. The summed E-state index contributed by atoms with van der Waals surface area (Å²) in [5.74, 6) is 1.22. The van der Waals surface area contributed by atoms with Gasteiger partial charge in [0.05, 0.1) is 5.92 Å². The molecular formula is C14H27ClN2O. The fourth-order valence-corrected chi connectivity index (χ4v) is 3.26. The molecule has 0 bridgehead atoms. The second kappa shape index (κ2) is 8.00. The minimum Gasteiger partial charge on any atom is -0.353 e. The standard InChI is InChI=1S/C14H26N2O.ClH/c1-2-11-6-3-4-8-13(11)16-14(17)12-7-5-9-15-10-12;/h11-13,15H,2-10H2,1H3,(H,16,17);1H. The van der Waals surface area contributed by atoms with E-state index in [9.17, 15) is 4.79 Å². The molecule has 106 valence electrons. The largest absolute Gasteiger partial charge is 0.353 e. The summed E-state index contributed by atoms with van der Waals surface area (Å²) in [6.07, 6.45) is 8.51. The molecule has 1 aliphatic carbocycles. The molecule has 2 aliphatic rings. The van der Waals surface area contributed by atoms with Crippen LogP contribution in [0.15, 0.2) is 0 Å². The van der Waals surface area contributed by atoms with Gasteiger partial charge in [-0.25, -0.2) is 0 Å². The lowest BCUT2D eigenvalue weighted by molar-refractivity contribution is -0.126. The Morgan fingerprint density at radius 2 is 2.00 bits per heavy atom. The molecule has 3 atom stereocenters. The number of carbonyl (C=O) groups is 1. The van der Waals surface area contributed by atoms with Gasteiger partial charge in [-0.15, -0.1) is 12.4 Å². The molecular weight excluding hydrogens is 248 g/mol. The highest BCUT2D eigenvalue weighted by molar-refractivity contribution is 5.85. The Hall–Kier alpha value is -0.280. The van der Waals surface area contributed by atoms with Crippen LogP contribution >= 0.6 is 12.4 Å². The zero-order chi connectivity index (χ0) is 12.1. The third-order valence-corrected chi connectivity index (χ3v) is 4.43. The molecule has 1 aliphatic heterocycles. The molecule has 18 heavy (non-hydrogen) atoms. The van der Waals surface area contributed by atoms with Gasteiger partial charge in [-0.05, 0) is 38.1 Å². The molecule has 0 spiro atoms. The van der Waals surface area contributed by atoms with Crippen molar-refractivity contribution < 1.29 is 4.79 Å². The Morgan fingerprint density at radius 3 is 2.67 bits per heavy atom. The number of hydrogen-bond acceptors (Lipinski definition) is 2. The van der Waals surface area contributed by atoms with Crippen molar-refractivity contribution >= 4 is 18.3 Å². The maximum Gasteiger partial charge on any atom is 0.224 e. The molecule has 0 aromatic carbocycles. The van der Waals surface area contributed by atoms with Gasteiger partial charge in [0.25, 0.3) is 0 Å². The Bertz CT molecular complexity index is 254. The number of halogens is 1. The molecule has 0 aromatic rings. The molecule has 2 fully saturated rings. The maximum atomic E-state index is 12.2. The second-order valence-electron chi connectivity index (χ2n) is 5.61. The molecule has 3 unspecified atom stereocenters. The van der Waals surface area contributed by atoms with E-state index in [0.29, 0.717) is 17.9 Å². The summed E-state index contributed by atoms with van der Waals surface area (Å²) in [6.45, 7) is 4.19. The highest BCUT2D eigenvalue weighted by Crippen LogP contribution is 2.27. The van der Waals surface area contributed by atoms with E-state index in [1.54, 1.807) is 0 Å². The molecule has 0 aromatic heterocycles. The van der Waals surface area contributed by atoms with Crippen LogP contribution in [0, 0.1) is 11.8 Å². The van der Waals surface area contributed by atoms with Crippen LogP contribution in [0.1, 0.15) is 51.9 Å². The van der Waals surface area contributed by atoms with Crippen molar-refractivity contribution in [1.82, 2.24) is 10.6 Å². The van der Waals surface area contributed by atoms with Gasteiger partial charge in [0.2, 0.25) is 5.91 Å². The fourth-order valence-electron chi connectivity index (χ4n) is 3.26. The van der Waals surface area contributed by atoms with Gasteiger partial charge in [-0.3, -0.25) is 4.79 Å². The number of nitrogens with one attached hydrogen (secondary N) is 2. The smallest absolute Gasteiger partial charge is 0.224 e. The number of carbonyl (C=O) groups excluding carboxylic acids is 1. The van der Waals surface area contributed by atoms with E-state index in [4.69, 9.17) is 0 Å². The highest BCUT2D eigenvalue weighted by Gasteiger charge is 2.28. The van der Waals surface area contributed by atoms with Crippen LogP contribution in [0.25, 0.3) is 0 Å². The van der Waals surface area contributed by atoms with Crippen molar-refractivity contribution in [1.29, 1.82) is 0 Å². The minimum absolute atomic E-state index is 0. The maximum absolute atomic E-state index is 12.2. The van der Waals surface area contributed by atoms with Crippen molar-refractivity contribution in [3.8, 4) is 0 Å². The van der Waals surface area contributed by atoms with E-state index in [2.05, 4.69) is 17.6 Å². The highest BCUT2D eigenvalue weighted by atomic mass is 35.5. The Morgan fingerprint density at radius 1 is 1.22 bits per heavy atom. The van der Waals surface area contributed by atoms with Gasteiger partial charge in [0, 0.05) is 12.6 Å². The van der Waals surface area contributed by atoms with Crippen LogP contribution in [0.2, 0.25) is 0 Å². The first kappa shape index (κ1) is 15.8. The Kier molecular flexibility index (Phi) is 7.02. The molecule has 1 saturated heterocycles. The predicted molar refractivity (Wildman–Crippen MR) is 77.0 cm³/mol. The molecule has 0 radical (unpaired) electrons. The SMILES string of the molecule is CCC1CCCCC1NC(=O)C1CCCNC1.Cl. The van der Waals surface area contributed by atoms with E-state index in [0.717, 1.165) is 25.9 Å². The lowest BCUT2D eigenvalue weighted by Crippen LogP contribution is -2.47. The molecule has 1 saturated carbocycles. The molecule has 4 heteroatoms. The van der Waals surface area contributed by atoms with E-state index in [1.807, 2.05) is 0 Å². The van der Waals surface area contributed by atoms with Gasteiger partial charge < -0.3 is 10.6 Å². The fraction of sp³-hybridized carbons (Fsp3) is 0.929. The normalized spacial score (nSPS) is 32.4. The van der Waals surface area contributed by atoms with Crippen molar-refractivity contribution in [2.45, 2.75) is 57.9 Å². The Balaban J connectivity index is 0.00000162. The van der Waals surface area contributed by atoms with E-state index in [1.165, 1.54) is 32.1 Å². The summed E-state index contributed by atoms with van der Waals surface area (Å²) >= 11 is 0. The van der Waals surface area contributed by atoms with E-state index in [-0.39, 0.29) is 18.3 Å². The summed E-state index contributed by atoms with van der Waals surface area (Å²) in [5, 5.41) is 6.63. The van der Waals surface area contributed by atoms with Crippen LogP contribution in [0.3, 0.4) is 0 Å². The van der Waals surface area contributed by atoms with Crippen LogP contribution in [-0.4, -0.2) is 25.0 Å². The van der Waals surface area contributed by atoms with Gasteiger partial charge in [0.1, 0.15) is 0 Å². The summed E-state index contributed by atoms with van der Waals surface area (Å²) in [7, 11) is 0. The Labute approximate surface area is 117 Å². The molecule has 2 rings (SSSR count). The van der Waals surface area contributed by atoms with Crippen LogP contribution < -0.4 is 10.6 Å². The molecule has 1 amide bonds. The molecule has 2 N–H and O–H groups in total. The van der Waals surface area contributed by atoms with Crippen LogP contribution in [0.4, 0.5) is 0 Å². The number of hydrogen-bond donors (Lipinski definition) is 2. The van der Waals surface area contributed by atoms with Gasteiger partial charge in [-0.2, -0.15) is 0 Å². The topological polar surface area (TPSA) is 41.1 Å². The van der Waals surface area contributed by atoms with Gasteiger partial charge in [0.15, 0.2) is 0 Å². The average molecular weight is 275 g/mol. The average Bonchev–Trinajstić information content (AvgIpc) is 2.40. The number of rotatable bonds is 3. The molecule has 1 heterocycles. The first-order valence-electron chi connectivity index (χ1n) is 7.32. The quantitative estimate of drug-likeness (QED) is 0.830. The third-order valence-electron chi connectivity index (χ3n) is 4.43.